The lowest BCUT2D eigenvalue weighted by atomic mass is 10.3. The summed E-state index contributed by atoms with van der Waals surface area (Å²) >= 11 is 0. The minimum atomic E-state index is -4.73. The van der Waals surface area contributed by atoms with E-state index in [0.29, 0.717) is 5.69 Å². The Labute approximate surface area is 113 Å². The van der Waals surface area contributed by atoms with Crippen molar-refractivity contribution >= 4 is 17.4 Å². The maximum atomic E-state index is 11.9. The van der Waals surface area contributed by atoms with Gasteiger partial charge in [-0.3, -0.25) is 5.43 Å². The first-order chi connectivity index (χ1) is 9.31. The number of hydrogen-bond donors (Lipinski definition) is 1. The maximum Gasteiger partial charge on any atom is 0.573 e. The standard InChI is InChI=1S/C12H13F3N2O3/c1-3-19-11(18)8(2)16-17-9-4-6-10(7-5-9)20-12(13,14)15/h4-7,17H,3H2,1-2H3. The van der Waals surface area contributed by atoms with Gasteiger partial charge >= 0.3 is 12.3 Å². The molecule has 0 aliphatic rings. The molecule has 0 saturated heterocycles. The summed E-state index contributed by atoms with van der Waals surface area (Å²) in [6, 6.07) is 4.93. The molecule has 110 valence electrons. The van der Waals surface area contributed by atoms with Crippen molar-refractivity contribution in [3.63, 3.8) is 0 Å². The number of halogens is 3. The Balaban J connectivity index is 2.62. The van der Waals surface area contributed by atoms with Gasteiger partial charge in [-0.05, 0) is 38.1 Å². The highest BCUT2D eigenvalue weighted by Gasteiger charge is 2.30. The van der Waals surface area contributed by atoms with Gasteiger partial charge in [0, 0.05) is 0 Å². The highest BCUT2D eigenvalue weighted by atomic mass is 19.4. The molecule has 0 amide bonds. The zero-order chi connectivity index (χ0) is 15.2. The van der Waals surface area contributed by atoms with Gasteiger partial charge in [0.1, 0.15) is 11.5 Å². The van der Waals surface area contributed by atoms with Crippen LogP contribution in [-0.4, -0.2) is 24.7 Å². The molecular formula is C12H13F3N2O3. The first-order valence-electron chi connectivity index (χ1n) is 5.65. The van der Waals surface area contributed by atoms with Gasteiger partial charge in [0.25, 0.3) is 0 Å². The van der Waals surface area contributed by atoms with E-state index in [2.05, 4.69) is 15.3 Å². The van der Waals surface area contributed by atoms with Crippen molar-refractivity contribution in [3.05, 3.63) is 24.3 Å². The molecule has 0 fully saturated rings. The normalized spacial score (nSPS) is 11.9. The third-order valence-electron chi connectivity index (χ3n) is 2.01. The second-order valence-electron chi connectivity index (χ2n) is 3.60. The summed E-state index contributed by atoms with van der Waals surface area (Å²) in [5.74, 6) is -0.911. The number of anilines is 1. The van der Waals surface area contributed by atoms with Crippen LogP contribution in [0.1, 0.15) is 13.8 Å². The largest absolute Gasteiger partial charge is 0.573 e. The average molecular weight is 290 g/mol. The van der Waals surface area contributed by atoms with Crippen LogP contribution in [0.25, 0.3) is 0 Å². The number of carbonyl (C=O) groups is 1. The molecule has 0 aliphatic carbocycles. The van der Waals surface area contributed by atoms with E-state index >= 15 is 0 Å². The molecule has 5 nitrogen and oxygen atoms in total. The van der Waals surface area contributed by atoms with E-state index in [1.54, 1.807) is 6.92 Å². The van der Waals surface area contributed by atoms with Crippen molar-refractivity contribution in [2.45, 2.75) is 20.2 Å². The van der Waals surface area contributed by atoms with Crippen molar-refractivity contribution in [2.24, 2.45) is 5.10 Å². The zero-order valence-electron chi connectivity index (χ0n) is 10.8. The highest BCUT2D eigenvalue weighted by molar-refractivity contribution is 6.35. The molecule has 0 aromatic heterocycles. The smallest absolute Gasteiger partial charge is 0.461 e. The van der Waals surface area contributed by atoms with Crippen LogP contribution in [0.5, 0.6) is 5.75 Å². The predicted molar refractivity (Wildman–Crippen MR) is 66.5 cm³/mol. The van der Waals surface area contributed by atoms with Crippen LogP contribution in [0.4, 0.5) is 18.9 Å². The number of nitrogens with zero attached hydrogens (tertiary/aromatic N) is 1. The summed E-state index contributed by atoms with van der Waals surface area (Å²) in [5, 5.41) is 3.75. The number of benzene rings is 1. The van der Waals surface area contributed by atoms with E-state index in [4.69, 9.17) is 4.74 Å². The van der Waals surface area contributed by atoms with Crippen molar-refractivity contribution in [2.75, 3.05) is 12.0 Å². The van der Waals surface area contributed by atoms with Crippen LogP contribution >= 0.6 is 0 Å². The molecule has 1 aromatic carbocycles. The quantitative estimate of drug-likeness (QED) is 0.514. The first-order valence-corrected chi connectivity index (χ1v) is 5.65. The Morgan fingerprint density at radius 3 is 2.40 bits per heavy atom. The van der Waals surface area contributed by atoms with Gasteiger partial charge in [0.15, 0.2) is 0 Å². The van der Waals surface area contributed by atoms with Crippen LogP contribution in [0.3, 0.4) is 0 Å². The van der Waals surface area contributed by atoms with Crippen molar-refractivity contribution in [3.8, 4) is 5.75 Å². The summed E-state index contributed by atoms with van der Waals surface area (Å²) < 4.78 is 44.3. The van der Waals surface area contributed by atoms with Gasteiger partial charge in [-0.15, -0.1) is 13.2 Å². The molecule has 0 saturated carbocycles. The Hall–Kier alpha value is -2.25. The Morgan fingerprint density at radius 2 is 1.90 bits per heavy atom. The number of hydrogen-bond acceptors (Lipinski definition) is 5. The van der Waals surface area contributed by atoms with Gasteiger partial charge in [0.05, 0.1) is 12.3 Å². The molecule has 1 rings (SSSR count). The van der Waals surface area contributed by atoms with Crippen molar-refractivity contribution in [1.82, 2.24) is 0 Å². The SMILES string of the molecule is CCOC(=O)C(C)=NNc1ccc(OC(F)(F)F)cc1. The highest BCUT2D eigenvalue weighted by Crippen LogP contribution is 2.23. The molecular weight excluding hydrogens is 277 g/mol. The molecule has 0 bridgehead atoms. The fourth-order valence-electron chi connectivity index (χ4n) is 1.16. The Morgan fingerprint density at radius 1 is 1.30 bits per heavy atom. The molecule has 1 aromatic rings. The van der Waals surface area contributed by atoms with Crippen LogP contribution in [0.15, 0.2) is 29.4 Å². The molecule has 0 radical (unpaired) electrons. The topological polar surface area (TPSA) is 59.9 Å². The molecule has 0 aliphatic heterocycles. The number of esters is 1. The lowest BCUT2D eigenvalue weighted by Crippen LogP contribution is -2.17. The predicted octanol–water partition coefficient (Wildman–Crippen LogP) is 2.94. The third kappa shape index (κ3) is 5.59. The fourth-order valence-corrected chi connectivity index (χ4v) is 1.16. The van der Waals surface area contributed by atoms with Gasteiger partial charge < -0.3 is 9.47 Å². The summed E-state index contributed by atoms with van der Waals surface area (Å²) in [6.07, 6.45) is -4.73. The first kappa shape index (κ1) is 15.8. The van der Waals surface area contributed by atoms with Gasteiger partial charge in [-0.1, -0.05) is 0 Å². The molecule has 0 heterocycles. The van der Waals surface area contributed by atoms with Gasteiger partial charge in [-0.25, -0.2) is 4.79 Å². The molecule has 0 unspecified atom stereocenters. The molecule has 0 atom stereocenters. The van der Waals surface area contributed by atoms with Crippen molar-refractivity contribution < 1.29 is 27.4 Å². The summed E-state index contributed by atoms with van der Waals surface area (Å²) in [6.45, 7) is 3.35. The summed E-state index contributed by atoms with van der Waals surface area (Å²) in [4.78, 5) is 11.2. The second-order valence-corrected chi connectivity index (χ2v) is 3.60. The van der Waals surface area contributed by atoms with E-state index in [-0.39, 0.29) is 18.1 Å². The van der Waals surface area contributed by atoms with Crippen LogP contribution in [0, 0.1) is 0 Å². The Bertz CT molecular complexity index is 484. The van der Waals surface area contributed by atoms with E-state index in [9.17, 15) is 18.0 Å². The number of hydrazone groups is 1. The fraction of sp³-hybridized carbons (Fsp3) is 0.333. The number of ether oxygens (including phenoxy) is 2. The Kier molecular flexibility index (Phi) is 5.36. The number of nitrogens with one attached hydrogen (secondary N) is 1. The van der Waals surface area contributed by atoms with Gasteiger partial charge in [0.2, 0.25) is 0 Å². The number of carbonyl (C=O) groups excluding carboxylic acids is 1. The lowest BCUT2D eigenvalue weighted by Gasteiger charge is -2.09. The zero-order valence-corrected chi connectivity index (χ0v) is 10.8. The van der Waals surface area contributed by atoms with E-state index < -0.39 is 12.3 Å². The molecule has 1 N–H and O–H groups in total. The minimum Gasteiger partial charge on any atom is -0.461 e. The van der Waals surface area contributed by atoms with Crippen LogP contribution < -0.4 is 10.2 Å². The number of rotatable bonds is 5. The third-order valence-corrected chi connectivity index (χ3v) is 2.01. The van der Waals surface area contributed by atoms with Crippen LogP contribution in [-0.2, 0) is 9.53 Å². The summed E-state index contributed by atoms with van der Waals surface area (Å²) in [5.41, 5.74) is 3.03. The second kappa shape index (κ2) is 6.78. The molecule has 0 spiro atoms. The monoisotopic (exact) mass is 290 g/mol. The summed E-state index contributed by atoms with van der Waals surface area (Å²) in [7, 11) is 0. The van der Waals surface area contributed by atoms with Gasteiger partial charge in [-0.2, -0.15) is 5.10 Å². The average Bonchev–Trinajstić information content (AvgIpc) is 2.36. The minimum absolute atomic E-state index is 0.0995. The van der Waals surface area contributed by atoms with Crippen LogP contribution in [0.2, 0.25) is 0 Å². The molecule has 8 heteroatoms. The van der Waals surface area contributed by atoms with E-state index in [1.807, 2.05) is 0 Å². The maximum absolute atomic E-state index is 11.9. The van der Waals surface area contributed by atoms with E-state index in [0.717, 1.165) is 12.1 Å². The lowest BCUT2D eigenvalue weighted by molar-refractivity contribution is -0.274. The molecule has 20 heavy (non-hydrogen) atoms. The number of alkyl halides is 3. The van der Waals surface area contributed by atoms with Crippen molar-refractivity contribution in [1.29, 1.82) is 0 Å². The van der Waals surface area contributed by atoms with E-state index in [1.165, 1.54) is 19.1 Å².